The van der Waals surface area contributed by atoms with Gasteiger partial charge in [-0.15, -0.1) is 0 Å². The van der Waals surface area contributed by atoms with Gasteiger partial charge in [-0.2, -0.15) is 8.42 Å². The topological polar surface area (TPSA) is 133 Å². The van der Waals surface area contributed by atoms with Crippen LogP contribution < -0.4 is 0 Å². The molecule has 188 valence electrons. The molecule has 0 amide bonds. The summed E-state index contributed by atoms with van der Waals surface area (Å²) in [5.74, 6) is -2.53. The fourth-order valence-corrected chi connectivity index (χ4v) is 3.22. The zero-order valence-electron chi connectivity index (χ0n) is 19.3. The number of esters is 3. The summed E-state index contributed by atoms with van der Waals surface area (Å²) in [5.41, 5.74) is -1.11. The third kappa shape index (κ3) is 15.6. The maximum absolute atomic E-state index is 13.0. The van der Waals surface area contributed by atoms with Gasteiger partial charge in [-0.05, 0) is 33.1 Å². The van der Waals surface area contributed by atoms with Gasteiger partial charge in [0.15, 0.2) is 0 Å². The number of carbonyl (C=O) groups excluding carboxylic acids is 3. The molecular weight excluding hydrogens is 480 g/mol. The summed E-state index contributed by atoms with van der Waals surface area (Å²) in [6.45, 7) is 11.2. The van der Waals surface area contributed by atoms with Gasteiger partial charge in [0.25, 0.3) is 10.1 Å². The fraction of sp³-hybridized carbons (Fsp3) is 0.682. The molecule has 0 saturated heterocycles. The van der Waals surface area contributed by atoms with Crippen molar-refractivity contribution in [2.45, 2.75) is 65.7 Å². The maximum atomic E-state index is 13.0. The molecule has 0 radical (unpaired) electrons. The molecular formula is C22H38CaO9S. The molecule has 0 aliphatic heterocycles. The first-order valence-electron chi connectivity index (χ1n) is 10.6. The van der Waals surface area contributed by atoms with E-state index in [2.05, 4.69) is 13.2 Å². The third-order valence-electron chi connectivity index (χ3n) is 4.63. The van der Waals surface area contributed by atoms with E-state index in [0.717, 1.165) is 19.3 Å². The molecule has 0 aromatic rings. The Morgan fingerprint density at radius 3 is 1.79 bits per heavy atom. The van der Waals surface area contributed by atoms with Crippen LogP contribution in [0, 0.1) is 5.41 Å². The Balaban J connectivity index is 0. The van der Waals surface area contributed by atoms with Crippen molar-refractivity contribution in [3.05, 3.63) is 24.3 Å². The summed E-state index contributed by atoms with van der Waals surface area (Å²) in [4.78, 5) is 36.9. The second-order valence-corrected chi connectivity index (χ2v) is 9.51. The molecule has 0 bridgehead atoms. The van der Waals surface area contributed by atoms with Crippen molar-refractivity contribution in [3.63, 3.8) is 0 Å². The number of unbranched alkanes of at least 4 members (excludes halogenated alkanes) is 4. The Morgan fingerprint density at radius 1 is 0.848 bits per heavy atom. The Hall–Kier alpha value is -0.940. The molecule has 0 aliphatic rings. The van der Waals surface area contributed by atoms with Gasteiger partial charge in [0.05, 0.1) is 12.4 Å². The number of hydrogen-bond donors (Lipinski definition) is 1. The van der Waals surface area contributed by atoms with Crippen LogP contribution in [0.4, 0.5) is 0 Å². The van der Waals surface area contributed by atoms with Crippen LogP contribution in [0.5, 0.6) is 0 Å². The van der Waals surface area contributed by atoms with Gasteiger partial charge in [0.1, 0.15) is 18.6 Å². The average molecular weight is 519 g/mol. The van der Waals surface area contributed by atoms with E-state index in [0.29, 0.717) is 6.42 Å². The van der Waals surface area contributed by atoms with Gasteiger partial charge in [-0.3, -0.25) is 9.35 Å². The van der Waals surface area contributed by atoms with Crippen molar-refractivity contribution in [1.29, 1.82) is 0 Å². The zero-order chi connectivity index (χ0) is 24.8. The Kier molecular flexibility index (Phi) is 18.1. The second-order valence-electron chi connectivity index (χ2n) is 7.93. The molecule has 11 heteroatoms. The molecule has 9 nitrogen and oxygen atoms in total. The van der Waals surface area contributed by atoms with E-state index in [1.165, 1.54) is 13.8 Å². The van der Waals surface area contributed by atoms with E-state index < -0.39 is 39.2 Å². The van der Waals surface area contributed by atoms with Gasteiger partial charge in [-0.1, -0.05) is 45.8 Å². The Morgan fingerprint density at radius 2 is 1.36 bits per heavy atom. The summed E-state index contributed by atoms with van der Waals surface area (Å²) in [7, 11) is -4.10. The van der Waals surface area contributed by atoms with Crippen LogP contribution in [0.15, 0.2) is 24.3 Å². The molecule has 0 atom stereocenters. The molecule has 0 aromatic heterocycles. The third-order valence-corrected chi connectivity index (χ3v) is 5.43. The van der Waals surface area contributed by atoms with E-state index in [-0.39, 0.29) is 88.0 Å². The van der Waals surface area contributed by atoms with Crippen LogP contribution in [0.3, 0.4) is 0 Å². The standard InChI is InChI=1S/C22H36O9S.Ca.2H/c1-6-7-8-9-12-22(15-30-19(23)17(2)3,16-31-20(24)18(4)5)21(25)29-13-10-11-14-32(26,27)28;;;/h2,4,6-16H2,1,3,5H3,(H,26,27,28);;;. The minimum absolute atomic E-state index is 0. The molecule has 33 heavy (non-hydrogen) atoms. The number of carbonyl (C=O) groups is 3. The van der Waals surface area contributed by atoms with Gasteiger partial charge >= 0.3 is 55.6 Å². The van der Waals surface area contributed by atoms with Crippen LogP contribution in [0.1, 0.15) is 65.7 Å². The van der Waals surface area contributed by atoms with Crippen molar-refractivity contribution >= 4 is 65.8 Å². The molecule has 0 aromatic carbocycles. The Labute approximate surface area is 227 Å². The summed E-state index contributed by atoms with van der Waals surface area (Å²) < 4.78 is 46.2. The zero-order valence-corrected chi connectivity index (χ0v) is 20.1. The van der Waals surface area contributed by atoms with Crippen molar-refractivity contribution < 1.29 is 41.6 Å². The molecule has 0 aliphatic carbocycles. The summed E-state index contributed by atoms with van der Waals surface area (Å²) in [6, 6.07) is 0. The quantitative estimate of drug-likeness (QED) is 0.0769. The molecule has 1 N–H and O–H groups in total. The average Bonchev–Trinajstić information content (AvgIpc) is 2.70. The van der Waals surface area contributed by atoms with Gasteiger partial charge in [0.2, 0.25) is 0 Å². The SMILES string of the molecule is C=C(C)C(=O)OCC(CCCCCC)(COC(=O)C(=C)C)C(=O)OCCCCS(=O)(=O)O.[CaH2]. The molecule has 0 spiro atoms. The van der Waals surface area contributed by atoms with Gasteiger partial charge in [0, 0.05) is 11.1 Å². The predicted molar refractivity (Wildman–Crippen MR) is 128 cm³/mol. The van der Waals surface area contributed by atoms with E-state index in [1.807, 2.05) is 6.92 Å². The normalized spacial score (nSPS) is 11.2. The number of hydrogen-bond acceptors (Lipinski definition) is 8. The first kappa shape index (κ1) is 34.2. The molecule has 0 unspecified atom stereocenters. The summed E-state index contributed by atoms with van der Waals surface area (Å²) >= 11 is 0. The number of rotatable bonds is 17. The first-order valence-corrected chi connectivity index (χ1v) is 12.2. The fourth-order valence-electron chi connectivity index (χ4n) is 2.65. The van der Waals surface area contributed by atoms with E-state index in [4.69, 9.17) is 18.8 Å². The second kappa shape index (κ2) is 17.5. The first-order chi connectivity index (χ1) is 14.8. The molecule has 0 fully saturated rings. The van der Waals surface area contributed by atoms with E-state index in [1.54, 1.807) is 0 Å². The van der Waals surface area contributed by atoms with Crippen LogP contribution in [0.25, 0.3) is 0 Å². The molecule has 0 saturated carbocycles. The van der Waals surface area contributed by atoms with Crippen molar-refractivity contribution in [1.82, 2.24) is 0 Å². The van der Waals surface area contributed by atoms with Crippen LogP contribution in [-0.4, -0.2) is 94.2 Å². The predicted octanol–water partition coefficient (Wildman–Crippen LogP) is 2.48. The van der Waals surface area contributed by atoms with Crippen LogP contribution in [-0.2, 0) is 38.7 Å². The van der Waals surface area contributed by atoms with Crippen molar-refractivity contribution in [2.75, 3.05) is 25.6 Å². The molecule has 0 rings (SSSR count). The number of ether oxygens (including phenoxy) is 3. The summed E-state index contributed by atoms with van der Waals surface area (Å²) in [6.07, 6.45) is 3.91. The molecule has 0 heterocycles. The van der Waals surface area contributed by atoms with E-state index >= 15 is 0 Å². The van der Waals surface area contributed by atoms with E-state index in [9.17, 15) is 22.8 Å². The Bertz CT molecular complexity index is 745. The van der Waals surface area contributed by atoms with Gasteiger partial charge in [-0.25, -0.2) is 9.59 Å². The van der Waals surface area contributed by atoms with Crippen molar-refractivity contribution in [3.8, 4) is 0 Å². The summed E-state index contributed by atoms with van der Waals surface area (Å²) in [5, 5.41) is 0. The van der Waals surface area contributed by atoms with Crippen molar-refractivity contribution in [2.24, 2.45) is 5.41 Å². The van der Waals surface area contributed by atoms with Crippen LogP contribution >= 0.6 is 0 Å². The minimum atomic E-state index is -4.10. The monoisotopic (exact) mass is 518 g/mol. The van der Waals surface area contributed by atoms with Crippen LogP contribution in [0.2, 0.25) is 0 Å². The van der Waals surface area contributed by atoms with Gasteiger partial charge < -0.3 is 14.2 Å².